The molecule has 3 aromatic rings. The van der Waals surface area contributed by atoms with E-state index in [4.69, 9.17) is 10.1 Å². The summed E-state index contributed by atoms with van der Waals surface area (Å²) in [6.07, 6.45) is 2.16. The molecule has 0 fully saturated rings. The van der Waals surface area contributed by atoms with Gasteiger partial charge in [0.25, 0.3) is 0 Å². The number of aryl methyl sites for hydroxylation is 2. The van der Waals surface area contributed by atoms with Crippen molar-refractivity contribution in [3.63, 3.8) is 0 Å². The number of nitrogens with one attached hydrogen (secondary N) is 1. The lowest BCUT2D eigenvalue weighted by Crippen LogP contribution is -2.16. The number of anilines is 1. The van der Waals surface area contributed by atoms with Crippen molar-refractivity contribution in [2.45, 2.75) is 26.3 Å². The van der Waals surface area contributed by atoms with E-state index in [1.807, 2.05) is 0 Å². The second-order valence-corrected chi connectivity index (χ2v) is 7.75. The highest BCUT2D eigenvalue weighted by molar-refractivity contribution is 6.07. The van der Waals surface area contributed by atoms with Gasteiger partial charge in [0.1, 0.15) is 0 Å². The van der Waals surface area contributed by atoms with Crippen molar-refractivity contribution in [3.8, 4) is 0 Å². The Kier molecular flexibility index (Phi) is 6.29. The first-order valence-electron chi connectivity index (χ1n) is 9.76. The summed E-state index contributed by atoms with van der Waals surface area (Å²) in [6, 6.07) is 8.37. The molecule has 1 N–H and O–H groups in total. The molecule has 1 aromatic carbocycles. The number of nitrogens with zero attached hydrogens (tertiary/aromatic N) is 5. The van der Waals surface area contributed by atoms with E-state index in [-0.39, 0.29) is 0 Å². The molecule has 6 nitrogen and oxygen atoms in total. The third-order valence-electron chi connectivity index (χ3n) is 4.81. The molecule has 0 spiro atoms. The molecule has 2 heterocycles. The average Bonchev–Trinajstić information content (AvgIpc) is 2.93. The molecular formula is C21H32N6. The van der Waals surface area contributed by atoms with Gasteiger partial charge in [-0.05, 0) is 67.1 Å². The van der Waals surface area contributed by atoms with E-state index in [9.17, 15) is 0 Å². The lowest BCUT2D eigenvalue weighted by Gasteiger charge is -2.14. The van der Waals surface area contributed by atoms with Crippen LogP contribution in [0.25, 0.3) is 21.9 Å². The molecule has 27 heavy (non-hydrogen) atoms. The molecule has 0 unspecified atom stereocenters. The highest BCUT2D eigenvalue weighted by Gasteiger charge is 2.16. The highest BCUT2D eigenvalue weighted by atomic mass is 15.3. The van der Waals surface area contributed by atoms with E-state index in [1.54, 1.807) is 0 Å². The predicted octanol–water partition coefficient (Wildman–Crippen LogP) is 3.21. The molecule has 0 saturated heterocycles. The van der Waals surface area contributed by atoms with Crippen molar-refractivity contribution in [2.75, 3.05) is 53.1 Å². The zero-order valence-electron chi connectivity index (χ0n) is 17.3. The van der Waals surface area contributed by atoms with Gasteiger partial charge in [-0.15, -0.1) is 0 Å². The van der Waals surface area contributed by atoms with Gasteiger partial charge in [-0.1, -0.05) is 18.2 Å². The zero-order chi connectivity index (χ0) is 19.4. The van der Waals surface area contributed by atoms with Crippen LogP contribution in [0.3, 0.4) is 0 Å². The van der Waals surface area contributed by atoms with Crippen LogP contribution in [0.1, 0.15) is 18.5 Å². The van der Waals surface area contributed by atoms with Crippen molar-refractivity contribution < 1.29 is 0 Å². The Balaban J connectivity index is 1.97. The number of hydrogen-bond acceptors (Lipinski definition) is 5. The molecule has 0 aliphatic heterocycles. The van der Waals surface area contributed by atoms with Crippen molar-refractivity contribution in [3.05, 3.63) is 30.0 Å². The van der Waals surface area contributed by atoms with Gasteiger partial charge in [-0.25, -0.2) is 9.67 Å². The first-order chi connectivity index (χ1) is 13.0. The first-order valence-corrected chi connectivity index (χ1v) is 9.76. The first kappa shape index (κ1) is 19.6. The minimum atomic E-state index is 0.883. The second kappa shape index (κ2) is 8.67. The van der Waals surface area contributed by atoms with Gasteiger partial charge in [0.05, 0.1) is 22.3 Å². The molecule has 0 saturated carbocycles. The molecule has 0 atom stereocenters. The van der Waals surface area contributed by atoms with Crippen LogP contribution < -0.4 is 5.32 Å². The van der Waals surface area contributed by atoms with E-state index in [2.05, 4.69) is 79.2 Å². The molecule has 6 heteroatoms. The highest BCUT2D eigenvalue weighted by Crippen LogP contribution is 2.32. The number of pyridine rings is 1. The monoisotopic (exact) mass is 368 g/mol. The molecule has 0 amide bonds. The summed E-state index contributed by atoms with van der Waals surface area (Å²) in [7, 11) is 8.44. The van der Waals surface area contributed by atoms with Gasteiger partial charge in [0.2, 0.25) is 0 Å². The summed E-state index contributed by atoms with van der Waals surface area (Å²) in [5, 5.41) is 10.8. The number of hydrogen-bond donors (Lipinski definition) is 1. The van der Waals surface area contributed by atoms with E-state index < -0.39 is 0 Å². The Bertz CT molecular complexity index is 896. The van der Waals surface area contributed by atoms with Crippen LogP contribution in [-0.4, -0.2) is 72.4 Å². The molecule has 2 aromatic heterocycles. The Morgan fingerprint density at radius 2 is 1.70 bits per heavy atom. The Morgan fingerprint density at radius 1 is 1.00 bits per heavy atom. The second-order valence-electron chi connectivity index (χ2n) is 7.75. The van der Waals surface area contributed by atoms with Crippen molar-refractivity contribution >= 4 is 27.6 Å². The zero-order valence-corrected chi connectivity index (χ0v) is 17.3. The summed E-state index contributed by atoms with van der Waals surface area (Å²) >= 11 is 0. The van der Waals surface area contributed by atoms with E-state index in [1.165, 1.54) is 11.1 Å². The molecule has 0 radical (unpaired) electrons. The van der Waals surface area contributed by atoms with Gasteiger partial charge >= 0.3 is 0 Å². The largest absolute Gasteiger partial charge is 0.384 e. The summed E-state index contributed by atoms with van der Waals surface area (Å²) < 4.78 is 2.08. The van der Waals surface area contributed by atoms with Gasteiger partial charge in [0, 0.05) is 18.5 Å². The van der Waals surface area contributed by atoms with Gasteiger partial charge in [-0.2, -0.15) is 5.10 Å². The summed E-state index contributed by atoms with van der Waals surface area (Å²) in [5.41, 5.74) is 4.22. The van der Waals surface area contributed by atoms with Crippen molar-refractivity contribution in [1.82, 2.24) is 24.6 Å². The van der Waals surface area contributed by atoms with Crippen LogP contribution >= 0.6 is 0 Å². The Labute approximate surface area is 162 Å². The predicted molar refractivity (Wildman–Crippen MR) is 115 cm³/mol. The topological polar surface area (TPSA) is 49.2 Å². The normalized spacial score (nSPS) is 12.0. The molecular weight excluding hydrogens is 336 g/mol. The molecule has 146 valence electrons. The van der Waals surface area contributed by atoms with E-state index >= 15 is 0 Å². The fourth-order valence-electron chi connectivity index (χ4n) is 3.49. The minimum Gasteiger partial charge on any atom is -0.384 e. The van der Waals surface area contributed by atoms with Crippen LogP contribution in [0.4, 0.5) is 5.69 Å². The van der Waals surface area contributed by atoms with Crippen molar-refractivity contribution in [2.24, 2.45) is 0 Å². The standard InChI is InChI=1S/C21H32N6/c1-16-19-20(22-12-8-13-25(2)3)17-10-6-7-11-18(17)23-21(19)27(24-16)15-9-14-26(4)5/h6-7,10-11H,8-9,12-15H2,1-5H3,(H,22,23). The maximum Gasteiger partial charge on any atom is 0.160 e. The van der Waals surface area contributed by atoms with Crippen LogP contribution in [0, 0.1) is 6.92 Å². The summed E-state index contributed by atoms with van der Waals surface area (Å²) in [6.45, 7) is 6.03. The number of para-hydroxylation sites is 1. The van der Waals surface area contributed by atoms with Gasteiger partial charge in [-0.3, -0.25) is 0 Å². The molecule has 0 aliphatic rings. The van der Waals surface area contributed by atoms with E-state index in [0.717, 1.165) is 61.3 Å². The number of aromatic nitrogens is 3. The Morgan fingerprint density at radius 3 is 2.44 bits per heavy atom. The van der Waals surface area contributed by atoms with Crippen LogP contribution in [0.2, 0.25) is 0 Å². The van der Waals surface area contributed by atoms with E-state index in [0.29, 0.717) is 0 Å². The fourth-order valence-corrected chi connectivity index (χ4v) is 3.49. The van der Waals surface area contributed by atoms with Crippen LogP contribution in [0.15, 0.2) is 24.3 Å². The average molecular weight is 369 g/mol. The fraction of sp³-hybridized carbons (Fsp3) is 0.524. The lowest BCUT2D eigenvalue weighted by atomic mass is 10.1. The SMILES string of the molecule is Cc1nn(CCCN(C)C)c2nc3ccccc3c(NCCCN(C)C)c12. The van der Waals surface area contributed by atoms with Crippen LogP contribution in [0.5, 0.6) is 0 Å². The summed E-state index contributed by atoms with van der Waals surface area (Å²) in [4.78, 5) is 9.38. The Hall–Kier alpha value is -2.18. The summed E-state index contributed by atoms with van der Waals surface area (Å²) in [5.74, 6) is 0. The molecule has 0 bridgehead atoms. The third-order valence-corrected chi connectivity index (χ3v) is 4.81. The minimum absolute atomic E-state index is 0.883. The molecule has 0 aliphatic carbocycles. The number of rotatable bonds is 9. The maximum absolute atomic E-state index is 4.95. The smallest absolute Gasteiger partial charge is 0.160 e. The van der Waals surface area contributed by atoms with Gasteiger partial charge in [0.15, 0.2) is 5.65 Å². The quantitative estimate of drug-likeness (QED) is 0.588. The number of benzene rings is 1. The molecule has 3 rings (SSSR count). The van der Waals surface area contributed by atoms with Crippen molar-refractivity contribution in [1.29, 1.82) is 0 Å². The lowest BCUT2D eigenvalue weighted by molar-refractivity contribution is 0.382. The maximum atomic E-state index is 4.95. The third kappa shape index (κ3) is 4.57. The number of fused-ring (bicyclic) bond motifs is 2. The van der Waals surface area contributed by atoms with Crippen LogP contribution in [-0.2, 0) is 6.54 Å². The van der Waals surface area contributed by atoms with Gasteiger partial charge < -0.3 is 15.1 Å².